The molecule has 7 nitrogen and oxygen atoms in total. The molecule has 3 aromatic rings. The van der Waals surface area contributed by atoms with Crippen molar-refractivity contribution in [1.29, 1.82) is 0 Å². The first-order valence-electron chi connectivity index (χ1n) is 10.9. The number of nitrogens with one attached hydrogen (secondary N) is 1. The lowest BCUT2D eigenvalue weighted by Gasteiger charge is -2.21. The van der Waals surface area contributed by atoms with Crippen LogP contribution in [0.2, 0.25) is 4.34 Å². The van der Waals surface area contributed by atoms with Gasteiger partial charge in [-0.15, -0.1) is 0 Å². The summed E-state index contributed by atoms with van der Waals surface area (Å²) in [5.41, 5.74) is 0.662. The molecule has 1 amide bonds. The third-order valence-corrected chi connectivity index (χ3v) is 9.88. The number of amides is 1. The number of anilines is 1. The van der Waals surface area contributed by atoms with E-state index in [-0.39, 0.29) is 11.2 Å². The lowest BCUT2D eigenvalue weighted by molar-refractivity contribution is -0.120. The first kappa shape index (κ1) is 21.9. The van der Waals surface area contributed by atoms with Crippen LogP contribution in [0.25, 0.3) is 10.9 Å². The van der Waals surface area contributed by atoms with Crippen LogP contribution in [-0.2, 0) is 14.6 Å². The van der Waals surface area contributed by atoms with E-state index in [4.69, 9.17) is 11.6 Å². The maximum absolute atomic E-state index is 13.4. The second-order valence-corrected chi connectivity index (χ2v) is 12.9. The first-order valence-corrected chi connectivity index (χ1v) is 13.7. The second-order valence-electron chi connectivity index (χ2n) is 9.02. The molecule has 10 heteroatoms. The molecule has 1 aromatic carbocycles. The Hall–Kier alpha value is -1.97. The molecule has 2 heterocycles. The standard InChI is InChI=1S/C22H25ClN4O3S2/c1-13-5-6-14(9-13)10-18(21(28)26-22-24-12-20(23)31-22)27-17-3-2-4-19(16(17)11-25-27)32(29,30)15-7-8-15/h2-4,11-15,18H,5-10H2,1H3,(H,24,26,28)/t13?,14-,18?/m0/s1. The lowest BCUT2D eigenvalue weighted by atomic mass is 9.96. The van der Waals surface area contributed by atoms with Gasteiger partial charge in [-0.2, -0.15) is 5.10 Å². The van der Waals surface area contributed by atoms with E-state index in [1.54, 1.807) is 23.0 Å². The quantitative estimate of drug-likeness (QED) is 0.495. The summed E-state index contributed by atoms with van der Waals surface area (Å²) in [6, 6.07) is 4.66. The predicted molar refractivity (Wildman–Crippen MR) is 126 cm³/mol. The number of hydrogen-bond acceptors (Lipinski definition) is 6. The highest BCUT2D eigenvalue weighted by molar-refractivity contribution is 7.92. The van der Waals surface area contributed by atoms with Gasteiger partial charge in [-0.25, -0.2) is 13.4 Å². The van der Waals surface area contributed by atoms with Crippen molar-refractivity contribution in [2.45, 2.75) is 61.6 Å². The number of thiazole rings is 1. The molecule has 0 saturated heterocycles. The number of sulfone groups is 1. The zero-order chi connectivity index (χ0) is 22.5. The Balaban J connectivity index is 1.52. The molecule has 5 rings (SSSR count). The maximum atomic E-state index is 13.4. The molecule has 1 N–H and O–H groups in total. The Morgan fingerprint density at radius 3 is 2.75 bits per heavy atom. The van der Waals surface area contributed by atoms with E-state index in [1.807, 2.05) is 6.07 Å². The van der Waals surface area contributed by atoms with E-state index in [1.165, 1.54) is 17.5 Å². The smallest absolute Gasteiger partial charge is 0.251 e. The fourth-order valence-electron chi connectivity index (χ4n) is 4.77. The fourth-order valence-corrected chi connectivity index (χ4v) is 7.44. The van der Waals surface area contributed by atoms with Gasteiger partial charge in [0.25, 0.3) is 5.91 Å². The van der Waals surface area contributed by atoms with Crippen LogP contribution in [0.5, 0.6) is 0 Å². The molecule has 2 aliphatic rings. The summed E-state index contributed by atoms with van der Waals surface area (Å²) < 4.78 is 28.1. The SMILES string of the molecule is CC1CC[C@H](CC(C(=O)Nc2ncc(Cl)s2)n2ncc3c(S(=O)(=O)C4CC4)cccc32)C1. The van der Waals surface area contributed by atoms with Gasteiger partial charge in [0.1, 0.15) is 10.4 Å². The molecule has 0 spiro atoms. The summed E-state index contributed by atoms with van der Waals surface area (Å²) in [4.78, 5) is 17.8. The molecular formula is C22H25ClN4O3S2. The van der Waals surface area contributed by atoms with Crippen molar-refractivity contribution in [3.63, 3.8) is 0 Å². The summed E-state index contributed by atoms with van der Waals surface area (Å²) in [5.74, 6) is 0.848. The summed E-state index contributed by atoms with van der Waals surface area (Å²) in [6.45, 7) is 2.24. The van der Waals surface area contributed by atoms with Crippen LogP contribution < -0.4 is 5.32 Å². The van der Waals surface area contributed by atoms with Gasteiger partial charge in [0.2, 0.25) is 0 Å². The fraction of sp³-hybridized carbons (Fsp3) is 0.500. The van der Waals surface area contributed by atoms with Gasteiger partial charge < -0.3 is 5.32 Å². The minimum absolute atomic E-state index is 0.212. The number of rotatable bonds is 7. The average molecular weight is 493 g/mol. The van der Waals surface area contributed by atoms with Gasteiger partial charge in [0.15, 0.2) is 15.0 Å². The normalized spacial score (nSPS) is 22.3. The van der Waals surface area contributed by atoms with E-state index in [2.05, 4.69) is 22.3 Å². The molecule has 0 bridgehead atoms. The molecule has 3 atom stereocenters. The zero-order valence-electron chi connectivity index (χ0n) is 17.7. The number of aromatic nitrogens is 3. The minimum Gasteiger partial charge on any atom is -0.300 e. The number of carbonyl (C=O) groups excluding carboxylic acids is 1. The Bertz CT molecular complexity index is 1270. The van der Waals surface area contributed by atoms with E-state index in [0.717, 1.165) is 19.3 Å². The van der Waals surface area contributed by atoms with Crippen molar-refractivity contribution in [2.75, 3.05) is 5.32 Å². The highest BCUT2D eigenvalue weighted by Gasteiger charge is 2.38. The van der Waals surface area contributed by atoms with Crippen LogP contribution in [0.4, 0.5) is 5.13 Å². The number of hydrogen-bond donors (Lipinski definition) is 1. The van der Waals surface area contributed by atoms with Gasteiger partial charge in [-0.05, 0) is 49.7 Å². The minimum atomic E-state index is -3.38. The predicted octanol–water partition coefficient (Wildman–Crippen LogP) is 5.09. The van der Waals surface area contributed by atoms with Gasteiger partial charge in [-0.1, -0.05) is 48.8 Å². The van der Waals surface area contributed by atoms with Crippen molar-refractivity contribution in [1.82, 2.24) is 14.8 Å². The Morgan fingerprint density at radius 2 is 2.09 bits per heavy atom. The number of benzene rings is 1. The summed E-state index contributed by atoms with van der Waals surface area (Å²) >= 11 is 7.18. The van der Waals surface area contributed by atoms with Crippen molar-refractivity contribution >= 4 is 54.7 Å². The van der Waals surface area contributed by atoms with E-state index < -0.39 is 15.9 Å². The largest absolute Gasteiger partial charge is 0.300 e. The molecule has 2 aromatic heterocycles. The molecule has 2 aliphatic carbocycles. The maximum Gasteiger partial charge on any atom is 0.251 e. The van der Waals surface area contributed by atoms with Crippen LogP contribution in [-0.4, -0.2) is 34.3 Å². The van der Waals surface area contributed by atoms with Crippen molar-refractivity contribution in [2.24, 2.45) is 11.8 Å². The number of fused-ring (bicyclic) bond motifs is 1. The molecule has 0 aliphatic heterocycles. The molecule has 0 radical (unpaired) electrons. The molecule has 2 unspecified atom stereocenters. The summed E-state index contributed by atoms with van der Waals surface area (Å²) in [6.07, 6.45) is 8.46. The highest BCUT2D eigenvalue weighted by atomic mass is 35.5. The molecule has 32 heavy (non-hydrogen) atoms. The Labute approximate surface area is 196 Å². The third-order valence-electron chi connectivity index (χ3n) is 6.54. The van der Waals surface area contributed by atoms with Gasteiger partial charge in [-0.3, -0.25) is 9.48 Å². The first-order chi connectivity index (χ1) is 15.3. The van der Waals surface area contributed by atoms with E-state index in [0.29, 0.717) is 56.4 Å². The van der Waals surface area contributed by atoms with E-state index >= 15 is 0 Å². The lowest BCUT2D eigenvalue weighted by Crippen LogP contribution is -2.28. The average Bonchev–Trinajstić information content (AvgIpc) is 3.24. The molecular weight excluding hydrogens is 468 g/mol. The van der Waals surface area contributed by atoms with Crippen LogP contribution in [0.1, 0.15) is 51.5 Å². The number of halogens is 1. The zero-order valence-corrected chi connectivity index (χ0v) is 20.1. The third kappa shape index (κ3) is 4.18. The summed E-state index contributed by atoms with van der Waals surface area (Å²) in [7, 11) is -3.38. The Kier molecular flexibility index (Phi) is 5.75. The van der Waals surface area contributed by atoms with Gasteiger partial charge in [0.05, 0.1) is 28.1 Å². The van der Waals surface area contributed by atoms with Crippen molar-refractivity contribution in [3.05, 3.63) is 34.9 Å². The Morgan fingerprint density at radius 1 is 1.28 bits per heavy atom. The van der Waals surface area contributed by atoms with Crippen molar-refractivity contribution < 1.29 is 13.2 Å². The molecule has 2 saturated carbocycles. The number of carbonyl (C=O) groups is 1. The molecule has 170 valence electrons. The van der Waals surface area contributed by atoms with Gasteiger partial charge in [0, 0.05) is 5.39 Å². The van der Waals surface area contributed by atoms with Gasteiger partial charge >= 0.3 is 0 Å². The van der Waals surface area contributed by atoms with Crippen LogP contribution in [0.3, 0.4) is 0 Å². The molecule has 2 fully saturated rings. The van der Waals surface area contributed by atoms with Crippen LogP contribution >= 0.6 is 22.9 Å². The topological polar surface area (TPSA) is 93.9 Å². The second kappa shape index (κ2) is 8.43. The highest BCUT2D eigenvalue weighted by Crippen LogP contribution is 2.39. The summed E-state index contributed by atoms with van der Waals surface area (Å²) in [5, 5.41) is 8.13. The van der Waals surface area contributed by atoms with Crippen molar-refractivity contribution in [3.8, 4) is 0 Å². The van der Waals surface area contributed by atoms with E-state index in [9.17, 15) is 13.2 Å². The van der Waals surface area contributed by atoms with Crippen LogP contribution in [0, 0.1) is 11.8 Å². The van der Waals surface area contributed by atoms with Crippen LogP contribution in [0.15, 0.2) is 35.5 Å². The number of nitrogens with zero attached hydrogens (tertiary/aromatic N) is 3. The monoisotopic (exact) mass is 492 g/mol.